The lowest BCUT2D eigenvalue weighted by molar-refractivity contribution is -0.122. The van der Waals surface area contributed by atoms with Crippen LogP contribution in [-0.4, -0.2) is 56.7 Å². The van der Waals surface area contributed by atoms with Gasteiger partial charge in [-0.3, -0.25) is 4.79 Å². The number of amides is 1. The monoisotopic (exact) mass is 381 g/mol. The molecule has 1 unspecified atom stereocenters. The average molecular weight is 381 g/mol. The third-order valence-electron chi connectivity index (χ3n) is 4.23. The smallest absolute Gasteiger partial charge is 0.299 e. The number of fused-ring (bicyclic) bond motifs is 1. The van der Waals surface area contributed by atoms with Crippen molar-refractivity contribution in [3.63, 3.8) is 0 Å². The first kappa shape index (κ1) is 18.6. The Labute approximate surface area is 152 Å². The summed E-state index contributed by atoms with van der Waals surface area (Å²) in [5.41, 5.74) is 1.24. The molecule has 1 saturated heterocycles. The lowest BCUT2D eigenvalue weighted by atomic mass is 9.95. The molecule has 0 radical (unpaired) electrons. The fourth-order valence-electron chi connectivity index (χ4n) is 3.07. The third-order valence-corrected chi connectivity index (χ3v) is 4.96. The molecular formula is C16H23N5O4S. The van der Waals surface area contributed by atoms with Gasteiger partial charge in [-0.1, -0.05) is 0 Å². The highest BCUT2D eigenvalue weighted by Gasteiger charge is 2.25. The van der Waals surface area contributed by atoms with Gasteiger partial charge in [-0.15, -0.1) is 0 Å². The molecule has 2 N–H and O–H groups in total. The van der Waals surface area contributed by atoms with Crippen LogP contribution in [-0.2, 0) is 14.8 Å². The average Bonchev–Trinajstić information content (AvgIpc) is 3.02. The highest BCUT2D eigenvalue weighted by molar-refractivity contribution is 7.88. The molecule has 0 bridgehead atoms. The predicted molar refractivity (Wildman–Crippen MR) is 97.2 cm³/mol. The highest BCUT2D eigenvalue weighted by atomic mass is 32.2. The van der Waals surface area contributed by atoms with Crippen molar-refractivity contribution in [3.05, 3.63) is 18.3 Å². The van der Waals surface area contributed by atoms with Crippen LogP contribution in [0.2, 0.25) is 0 Å². The van der Waals surface area contributed by atoms with Crippen LogP contribution in [0.25, 0.3) is 11.2 Å². The van der Waals surface area contributed by atoms with Gasteiger partial charge < -0.3 is 14.6 Å². The molecular weight excluding hydrogens is 358 g/mol. The van der Waals surface area contributed by atoms with Crippen LogP contribution in [0.4, 0.5) is 6.01 Å². The number of pyridine rings is 1. The summed E-state index contributed by atoms with van der Waals surface area (Å²) in [7, 11) is -3.23. The normalized spacial score (nSPS) is 18.2. The van der Waals surface area contributed by atoms with Crippen LogP contribution >= 0.6 is 0 Å². The molecule has 10 heteroatoms. The molecule has 2 aromatic rings. The minimum absolute atomic E-state index is 0.0774. The Hall–Kier alpha value is -2.20. The number of aromatic nitrogens is 2. The van der Waals surface area contributed by atoms with Crippen molar-refractivity contribution in [2.45, 2.75) is 19.3 Å². The number of sulfonamides is 1. The second-order valence-electron chi connectivity index (χ2n) is 6.50. The van der Waals surface area contributed by atoms with Gasteiger partial charge >= 0.3 is 0 Å². The summed E-state index contributed by atoms with van der Waals surface area (Å²) in [4.78, 5) is 22.7. The summed E-state index contributed by atoms with van der Waals surface area (Å²) >= 11 is 0. The summed E-state index contributed by atoms with van der Waals surface area (Å²) in [6, 6.07) is 4.18. The second kappa shape index (κ2) is 8.00. The van der Waals surface area contributed by atoms with E-state index >= 15 is 0 Å². The summed E-state index contributed by atoms with van der Waals surface area (Å²) in [5.74, 6) is 0.126. The summed E-state index contributed by atoms with van der Waals surface area (Å²) in [5, 5.41) is 2.75. The van der Waals surface area contributed by atoms with Crippen LogP contribution < -0.4 is 14.9 Å². The molecule has 1 amide bonds. The van der Waals surface area contributed by atoms with Crippen molar-refractivity contribution in [1.29, 1.82) is 0 Å². The minimum atomic E-state index is -3.23. The van der Waals surface area contributed by atoms with Gasteiger partial charge in [-0.2, -0.15) is 4.98 Å². The minimum Gasteiger partial charge on any atom is -0.422 e. The molecule has 1 aliphatic rings. The maximum Gasteiger partial charge on any atom is 0.299 e. The lowest BCUT2D eigenvalue weighted by Gasteiger charge is -2.31. The fraction of sp³-hybridized carbons (Fsp3) is 0.562. The number of piperidine rings is 1. The van der Waals surface area contributed by atoms with Crippen molar-refractivity contribution in [1.82, 2.24) is 20.0 Å². The van der Waals surface area contributed by atoms with E-state index in [9.17, 15) is 13.2 Å². The van der Waals surface area contributed by atoms with Crippen LogP contribution in [0, 0.1) is 5.92 Å². The maximum atomic E-state index is 12.1. The van der Waals surface area contributed by atoms with E-state index in [0.717, 1.165) is 25.6 Å². The molecule has 0 spiro atoms. The molecule has 3 heterocycles. The van der Waals surface area contributed by atoms with Crippen molar-refractivity contribution in [2.75, 3.05) is 37.3 Å². The Balaban J connectivity index is 1.49. The van der Waals surface area contributed by atoms with E-state index in [1.165, 1.54) is 0 Å². The quantitative estimate of drug-likeness (QED) is 0.670. The van der Waals surface area contributed by atoms with Gasteiger partial charge in [0.25, 0.3) is 6.01 Å². The van der Waals surface area contributed by atoms with Gasteiger partial charge in [0.2, 0.25) is 21.6 Å². The van der Waals surface area contributed by atoms with Crippen molar-refractivity contribution >= 4 is 33.2 Å². The number of hydrogen-bond acceptors (Lipinski definition) is 7. The number of anilines is 1. The van der Waals surface area contributed by atoms with E-state index in [2.05, 4.69) is 20.0 Å². The largest absolute Gasteiger partial charge is 0.422 e. The number of carbonyl (C=O) groups is 1. The van der Waals surface area contributed by atoms with E-state index < -0.39 is 10.0 Å². The number of oxazole rings is 1. The Morgan fingerprint density at radius 1 is 1.42 bits per heavy atom. The van der Waals surface area contributed by atoms with Crippen molar-refractivity contribution in [2.24, 2.45) is 5.92 Å². The van der Waals surface area contributed by atoms with E-state index in [-0.39, 0.29) is 24.9 Å². The van der Waals surface area contributed by atoms with Crippen LogP contribution in [0.5, 0.6) is 0 Å². The molecule has 2 aromatic heterocycles. The maximum absolute atomic E-state index is 12.1. The molecule has 1 atom stereocenters. The van der Waals surface area contributed by atoms with Gasteiger partial charge in [-0.25, -0.2) is 18.1 Å². The lowest BCUT2D eigenvalue weighted by Crippen LogP contribution is -2.39. The van der Waals surface area contributed by atoms with Gasteiger partial charge in [0.15, 0.2) is 5.58 Å². The van der Waals surface area contributed by atoms with Gasteiger partial charge in [0, 0.05) is 38.8 Å². The van der Waals surface area contributed by atoms with Crippen LogP contribution in [0.1, 0.15) is 19.3 Å². The molecule has 0 saturated carbocycles. The van der Waals surface area contributed by atoms with Gasteiger partial charge in [-0.05, 0) is 30.9 Å². The number of rotatable bonds is 7. The summed E-state index contributed by atoms with van der Waals surface area (Å²) in [6.45, 7) is 2.00. The molecule has 0 aromatic carbocycles. The fourth-order valence-corrected chi connectivity index (χ4v) is 3.54. The van der Waals surface area contributed by atoms with Crippen molar-refractivity contribution < 1.29 is 17.6 Å². The molecule has 3 rings (SSSR count). The number of hydrogen-bond donors (Lipinski definition) is 2. The zero-order valence-corrected chi connectivity index (χ0v) is 15.5. The molecule has 1 aliphatic heterocycles. The van der Waals surface area contributed by atoms with Gasteiger partial charge in [0.1, 0.15) is 0 Å². The first-order valence-corrected chi connectivity index (χ1v) is 10.5. The predicted octanol–water partition coefficient (Wildman–Crippen LogP) is 0.495. The van der Waals surface area contributed by atoms with E-state index in [1.54, 1.807) is 12.3 Å². The Morgan fingerprint density at radius 2 is 2.27 bits per heavy atom. The first-order chi connectivity index (χ1) is 12.4. The van der Waals surface area contributed by atoms with E-state index in [1.807, 2.05) is 11.0 Å². The molecule has 9 nitrogen and oxygen atoms in total. The number of carbonyl (C=O) groups excluding carboxylic acids is 1. The molecule has 142 valence electrons. The zero-order valence-electron chi connectivity index (χ0n) is 14.6. The first-order valence-electron chi connectivity index (χ1n) is 8.58. The van der Waals surface area contributed by atoms with Crippen LogP contribution in [0.15, 0.2) is 22.7 Å². The third kappa shape index (κ3) is 5.15. The van der Waals surface area contributed by atoms with Gasteiger partial charge in [0.05, 0.1) is 6.26 Å². The highest BCUT2D eigenvalue weighted by Crippen LogP contribution is 2.26. The standard InChI is InChI=1S/C16H23N5O4S/c1-26(23,24)19-8-7-17-14(22)10-12-4-3-9-21(11-12)16-20-15-13(25-16)5-2-6-18-15/h2,5-6,12,19H,3-4,7-11H2,1H3,(H,17,22). The van der Waals surface area contributed by atoms with E-state index in [0.29, 0.717) is 30.2 Å². The molecule has 26 heavy (non-hydrogen) atoms. The number of nitrogens with zero attached hydrogens (tertiary/aromatic N) is 3. The van der Waals surface area contributed by atoms with Crippen LogP contribution in [0.3, 0.4) is 0 Å². The topological polar surface area (TPSA) is 117 Å². The molecule has 1 fully saturated rings. The Kier molecular flexibility index (Phi) is 5.72. The Bertz CT molecular complexity index is 833. The zero-order chi connectivity index (χ0) is 18.6. The SMILES string of the molecule is CS(=O)(=O)NCCNC(=O)CC1CCCN(c2nc3ncccc3o2)C1. The van der Waals surface area contributed by atoms with Crippen molar-refractivity contribution in [3.8, 4) is 0 Å². The molecule has 0 aliphatic carbocycles. The van der Waals surface area contributed by atoms with E-state index in [4.69, 9.17) is 4.42 Å². The Morgan fingerprint density at radius 3 is 3.04 bits per heavy atom. The summed E-state index contributed by atoms with van der Waals surface area (Å²) in [6.07, 6.45) is 5.08. The number of nitrogens with one attached hydrogen (secondary N) is 2. The second-order valence-corrected chi connectivity index (χ2v) is 8.33. The summed E-state index contributed by atoms with van der Waals surface area (Å²) < 4.78 is 30.1.